The van der Waals surface area contributed by atoms with E-state index < -0.39 is 0 Å². The van der Waals surface area contributed by atoms with E-state index in [1.807, 2.05) is 27.0 Å². The molecule has 0 spiro atoms. The lowest BCUT2D eigenvalue weighted by Gasteiger charge is -2.16. The highest BCUT2D eigenvalue weighted by molar-refractivity contribution is 6.31. The monoisotopic (exact) mass is 241 g/mol. The highest BCUT2D eigenvalue weighted by atomic mass is 35.5. The Morgan fingerprint density at radius 2 is 2.19 bits per heavy atom. The first-order chi connectivity index (χ1) is 7.67. The molecule has 0 aromatic heterocycles. The largest absolute Gasteiger partial charge is 0.380 e. The SMILES string of the molecule is CCOCC(Cc1ccc(C)cc1Cl)NC. The van der Waals surface area contributed by atoms with Crippen LogP contribution in [0.5, 0.6) is 0 Å². The molecule has 16 heavy (non-hydrogen) atoms. The highest BCUT2D eigenvalue weighted by Gasteiger charge is 2.09. The molecular formula is C13H20ClNO. The van der Waals surface area contributed by atoms with E-state index in [0.717, 1.165) is 24.7 Å². The van der Waals surface area contributed by atoms with Crippen molar-refractivity contribution in [2.24, 2.45) is 0 Å². The molecule has 1 unspecified atom stereocenters. The van der Waals surface area contributed by atoms with Crippen LogP contribution in [0.25, 0.3) is 0 Å². The molecule has 1 aromatic rings. The molecule has 0 saturated carbocycles. The second-order valence-electron chi connectivity index (χ2n) is 3.94. The van der Waals surface area contributed by atoms with E-state index in [-0.39, 0.29) is 0 Å². The number of likely N-dealkylation sites (N-methyl/N-ethyl adjacent to an activating group) is 1. The van der Waals surface area contributed by atoms with Crippen molar-refractivity contribution in [2.75, 3.05) is 20.3 Å². The van der Waals surface area contributed by atoms with Gasteiger partial charge in [-0.3, -0.25) is 0 Å². The van der Waals surface area contributed by atoms with Gasteiger partial charge in [-0.15, -0.1) is 0 Å². The summed E-state index contributed by atoms with van der Waals surface area (Å²) in [5.74, 6) is 0. The Labute approximate surface area is 103 Å². The van der Waals surface area contributed by atoms with E-state index in [0.29, 0.717) is 6.04 Å². The van der Waals surface area contributed by atoms with Crippen molar-refractivity contribution in [2.45, 2.75) is 26.3 Å². The molecule has 0 bridgehead atoms. The van der Waals surface area contributed by atoms with Crippen molar-refractivity contribution in [1.29, 1.82) is 0 Å². The Hall–Kier alpha value is -0.570. The van der Waals surface area contributed by atoms with Gasteiger partial charge in [-0.1, -0.05) is 23.7 Å². The Kier molecular flexibility index (Phi) is 5.81. The van der Waals surface area contributed by atoms with Gasteiger partial charge in [0.05, 0.1) is 6.61 Å². The summed E-state index contributed by atoms with van der Waals surface area (Å²) < 4.78 is 5.42. The standard InChI is InChI=1S/C13H20ClNO/c1-4-16-9-12(15-3)8-11-6-5-10(2)7-13(11)14/h5-7,12,15H,4,8-9H2,1-3H3. The fraction of sp³-hybridized carbons (Fsp3) is 0.538. The summed E-state index contributed by atoms with van der Waals surface area (Å²) in [5, 5.41) is 4.09. The molecular weight excluding hydrogens is 222 g/mol. The fourth-order valence-electron chi connectivity index (χ4n) is 1.59. The molecule has 2 nitrogen and oxygen atoms in total. The maximum absolute atomic E-state index is 6.20. The van der Waals surface area contributed by atoms with Gasteiger partial charge < -0.3 is 10.1 Å². The van der Waals surface area contributed by atoms with Crippen LogP contribution in [0, 0.1) is 6.92 Å². The molecule has 0 aliphatic heterocycles. The number of hydrogen-bond acceptors (Lipinski definition) is 2. The Morgan fingerprint density at radius 1 is 1.44 bits per heavy atom. The van der Waals surface area contributed by atoms with Gasteiger partial charge in [0.25, 0.3) is 0 Å². The molecule has 3 heteroatoms. The van der Waals surface area contributed by atoms with Crippen LogP contribution < -0.4 is 5.32 Å². The van der Waals surface area contributed by atoms with Crippen molar-refractivity contribution < 1.29 is 4.74 Å². The number of ether oxygens (including phenoxy) is 1. The normalized spacial score (nSPS) is 12.8. The van der Waals surface area contributed by atoms with Gasteiger partial charge in [0.1, 0.15) is 0 Å². The topological polar surface area (TPSA) is 21.3 Å². The Morgan fingerprint density at radius 3 is 2.75 bits per heavy atom. The van der Waals surface area contributed by atoms with Crippen LogP contribution in [0.4, 0.5) is 0 Å². The number of hydrogen-bond donors (Lipinski definition) is 1. The zero-order valence-electron chi connectivity index (χ0n) is 10.2. The van der Waals surface area contributed by atoms with Gasteiger partial charge >= 0.3 is 0 Å². The molecule has 1 N–H and O–H groups in total. The summed E-state index contributed by atoms with van der Waals surface area (Å²) in [6.07, 6.45) is 0.898. The summed E-state index contributed by atoms with van der Waals surface area (Å²) in [7, 11) is 1.95. The van der Waals surface area contributed by atoms with Crippen LogP contribution in [0.3, 0.4) is 0 Å². The van der Waals surface area contributed by atoms with E-state index in [1.165, 1.54) is 11.1 Å². The molecule has 0 aliphatic rings. The smallest absolute Gasteiger partial charge is 0.0622 e. The van der Waals surface area contributed by atoms with E-state index in [9.17, 15) is 0 Å². The zero-order valence-corrected chi connectivity index (χ0v) is 11.0. The molecule has 0 radical (unpaired) electrons. The number of aryl methyl sites for hydroxylation is 1. The van der Waals surface area contributed by atoms with Gasteiger partial charge in [0.15, 0.2) is 0 Å². The molecule has 90 valence electrons. The Bertz CT molecular complexity index is 328. The van der Waals surface area contributed by atoms with Crippen molar-refractivity contribution in [1.82, 2.24) is 5.32 Å². The summed E-state index contributed by atoms with van der Waals surface area (Å²) in [5.41, 5.74) is 2.37. The van der Waals surface area contributed by atoms with Crippen LogP contribution in [-0.4, -0.2) is 26.3 Å². The summed E-state index contributed by atoms with van der Waals surface area (Å²) in [6, 6.07) is 6.51. The van der Waals surface area contributed by atoms with Crippen LogP contribution in [0.1, 0.15) is 18.1 Å². The zero-order chi connectivity index (χ0) is 12.0. The third-order valence-corrected chi connectivity index (χ3v) is 2.96. The molecule has 1 atom stereocenters. The van der Waals surface area contributed by atoms with Crippen molar-refractivity contribution in [3.63, 3.8) is 0 Å². The summed E-state index contributed by atoms with van der Waals surface area (Å²) >= 11 is 6.20. The maximum Gasteiger partial charge on any atom is 0.0622 e. The first-order valence-corrected chi connectivity index (χ1v) is 6.05. The van der Waals surface area contributed by atoms with E-state index in [1.54, 1.807) is 0 Å². The molecule has 0 fully saturated rings. The lowest BCUT2D eigenvalue weighted by atomic mass is 10.0. The molecule has 0 heterocycles. The molecule has 1 rings (SSSR count). The highest BCUT2D eigenvalue weighted by Crippen LogP contribution is 2.19. The summed E-state index contributed by atoms with van der Waals surface area (Å²) in [4.78, 5) is 0. The van der Waals surface area contributed by atoms with Gasteiger partial charge in [0.2, 0.25) is 0 Å². The average molecular weight is 242 g/mol. The van der Waals surface area contributed by atoms with Crippen LogP contribution in [0.15, 0.2) is 18.2 Å². The number of benzene rings is 1. The van der Waals surface area contributed by atoms with Crippen molar-refractivity contribution in [3.8, 4) is 0 Å². The predicted molar refractivity (Wildman–Crippen MR) is 69.2 cm³/mol. The summed E-state index contributed by atoms with van der Waals surface area (Å²) in [6.45, 7) is 5.52. The van der Waals surface area contributed by atoms with E-state index in [2.05, 4.69) is 17.4 Å². The minimum absolute atomic E-state index is 0.320. The lowest BCUT2D eigenvalue weighted by molar-refractivity contribution is 0.125. The average Bonchev–Trinajstić information content (AvgIpc) is 2.27. The van der Waals surface area contributed by atoms with Crippen molar-refractivity contribution >= 4 is 11.6 Å². The van der Waals surface area contributed by atoms with Crippen molar-refractivity contribution in [3.05, 3.63) is 34.3 Å². The van der Waals surface area contributed by atoms with Crippen LogP contribution in [0.2, 0.25) is 5.02 Å². The van der Waals surface area contributed by atoms with Gasteiger partial charge in [-0.2, -0.15) is 0 Å². The lowest BCUT2D eigenvalue weighted by Crippen LogP contribution is -2.32. The van der Waals surface area contributed by atoms with E-state index in [4.69, 9.17) is 16.3 Å². The Balaban J connectivity index is 2.62. The second kappa shape index (κ2) is 6.89. The third-order valence-electron chi connectivity index (χ3n) is 2.61. The number of nitrogens with one attached hydrogen (secondary N) is 1. The number of halogens is 1. The fourth-order valence-corrected chi connectivity index (χ4v) is 1.90. The van der Waals surface area contributed by atoms with E-state index >= 15 is 0 Å². The van der Waals surface area contributed by atoms with Gasteiger partial charge in [0, 0.05) is 17.7 Å². The minimum Gasteiger partial charge on any atom is -0.380 e. The van der Waals surface area contributed by atoms with Crippen LogP contribution in [-0.2, 0) is 11.2 Å². The first-order valence-electron chi connectivity index (χ1n) is 5.67. The van der Waals surface area contributed by atoms with Gasteiger partial charge in [-0.25, -0.2) is 0 Å². The number of rotatable bonds is 6. The quantitative estimate of drug-likeness (QED) is 0.827. The van der Waals surface area contributed by atoms with Crippen LogP contribution >= 0.6 is 11.6 Å². The third kappa shape index (κ3) is 4.12. The first kappa shape index (κ1) is 13.5. The molecule has 1 aromatic carbocycles. The molecule has 0 aliphatic carbocycles. The molecule has 0 amide bonds. The predicted octanol–water partition coefficient (Wildman–Crippen LogP) is 2.82. The maximum atomic E-state index is 6.20. The van der Waals surface area contributed by atoms with Gasteiger partial charge in [-0.05, 0) is 44.5 Å². The molecule has 0 saturated heterocycles. The second-order valence-corrected chi connectivity index (χ2v) is 4.35. The minimum atomic E-state index is 0.320.